The van der Waals surface area contributed by atoms with E-state index in [1.807, 2.05) is 30.5 Å². The SMILES string of the molecule is N#Cc1ccc(-n2cc(-c3n[nH]c4cc(Cl)c(N[C@@H]5CCNC5)cc34)cn2)cc1. The molecule has 2 aromatic carbocycles. The molecule has 3 heterocycles. The number of hydrogen-bond acceptors (Lipinski definition) is 5. The molecule has 8 heteroatoms. The van der Waals surface area contributed by atoms with Crippen LogP contribution in [0.2, 0.25) is 5.02 Å². The van der Waals surface area contributed by atoms with Gasteiger partial charge in [0.1, 0.15) is 5.69 Å². The molecule has 29 heavy (non-hydrogen) atoms. The van der Waals surface area contributed by atoms with Gasteiger partial charge >= 0.3 is 0 Å². The molecule has 0 spiro atoms. The second-order valence-electron chi connectivity index (χ2n) is 7.12. The maximum absolute atomic E-state index is 8.96. The van der Waals surface area contributed by atoms with Crippen molar-refractivity contribution >= 4 is 28.2 Å². The third kappa shape index (κ3) is 3.33. The summed E-state index contributed by atoms with van der Waals surface area (Å²) in [4.78, 5) is 0. The molecule has 0 unspecified atom stereocenters. The Bertz CT molecular complexity index is 1210. The molecule has 0 saturated carbocycles. The van der Waals surface area contributed by atoms with E-state index < -0.39 is 0 Å². The Kier molecular flexibility index (Phi) is 4.43. The van der Waals surface area contributed by atoms with Crippen LogP contribution in [0.3, 0.4) is 0 Å². The third-order valence-electron chi connectivity index (χ3n) is 5.19. The Morgan fingerprint density at radius 2 is 2.10 bits per heavy atom. The van der Waals surface area contributed by atoms with E-state index in [1.54, 1.807) is 23.0 Å². The van der Waals surface area contributed by atoms with Gasteiger partial charge in [-0.3, -0.25) is 5.10 Å². The monoisotopic (exact) mass is 403 g/mol. The van der Waals surface area contributed by atoms with E-state index in [2.05, 4.69) is 32.0 Å². The van der Waals surface area contributed by atoms with Crippen molar-refractivity contribution in [1.82, 2.24) is 25.3 Å². The summed E-state index contributed by atoms with van der Waals surface area (Å²) in [6.45, 7) is 1.95. The van der Waals surface area contributed by atoms with Crippen molar-refractivity contribution in [2.24, 2.45) is 0 Å². The minimum Gasteiger partial charge on any atom is -0.380 e. The summed E-state index contributed by atoms with van der Waals surface area (Å²) in [5.74, 6) is 0. The first-order valence-corrected chi connectivity index (χ1v) is 9.79. The predicted octanol–water partition coefficient (Wildman–Crippen LogP) is 3.71. The lowest BCUT2D eigenvalue weighted by Gasteiger charge is -2.14. The van der Waals surface area contributed by atoms with E-state index >= 15 is 0 Å². The molecule has 0 bridgehead atoms. The summed E-state index contributed by atoms with van der Waals surface area (Å²) in [6, 6.07) is 13.7. The molecule has 0 radical (unpaired) electrons. The first-order chi connectivity index (χ1) is 14.2. The number of fused-ring (bicyclic) bond motifs is 1. The molecule has 0 aliphatic carbocycles. The fourth-order valence-corrected chi connectivity index (χ4v) is 3.86. The van der Waals surface area contributed by atoms with Crippen LogP contribution >= 0.6 is 11.6 Å². The Balaban J connectivity index is 1.50. The van der Waals surface area contributed by atoms with Gasteiger partial charge in [0.05, 0.1) is 39.7 Å². The quantitative estimate of drug-likeness (QED) is 0.483. The third-order valence-corrected chi connectivity index (χ3v) is 5.50. The summed E-state index contributed by atoms with van der Waals surface area (Å²) in [6.07, 6.45) is 4.79. The second-order valence-corrected chi connectivity index (χ2v) is 7.52. The van der Waals surface area contributed by atoms with Crippen LogP contribution < -0.4 is 10.6 Å². The maximum Gasteiger partial charge on any atom is 0.103 e. The fraction of sp³-hybridized carbons (Fsp3) is 0.190. The highest BCUT2D eigenvalue weighted by Crippen LogP contribution is 2.33. The molecule has 1 aliphatic rings. The predicted molar refractivity (Wildman–Crippen MR) is 113 cm³/mol. The van der Waals surface area contributed by atoms with Gasteiger partial charge < -0.3 is 10.6 Å². The van der Waals surface area contributed by atoms with E-state index in [9.17, 15) is 0 Å². The molecule has 5 rings (SSSR count). The Morgan fingerprint density at radius 3 is 2.86 bits per heavy atom. The van der Waals surface area contributed by atoms with Crippen LogP contribution in [-0.2, 0) is 0 Å². The Morgan fingerprint density at radius 1 is 1.24 bits per heavy atom. The summed E-state index contributed by atoms with van der Waals surface area (Å²) < 4.78 is 1.77. The number of aromatic amines is 1. The van der Waals surface area contributed by atoms with Crippen LogP contribution in [-0.4, -0.2) is 39.1 Å². The summed E-state index contributed by atoms with van der Waals surface area (Å²) in [7, 11) is 0. The minimum atomic E-state index is 0.374. The molecule has 2 aromatic heterocycles. The summed E-state index contributed by atoms with van der Waals surface area (Å²) in [5, 5.41) is 29.5. The van der Waals surface area contributed by atoms with E-state index in [-0.39, 0.29) is 0 Å². The first-order valence-electron chi connectivity index (χ1n) is 9.42. The average molecular weight is 404 g/mol. The van der Waals surface area contributed by atoms with Crippen LogP contribution in [0.15, 0.2) is 48.8 Å². The van der Waals surface area contributed by atoms with Crippen LogP contribution in [0.1, 0.15) is 12.0 Å². The summed E-state index contributed by atoms with van der Waals surface area (Å²) >= 11 is 6.48. The van der Waals surface area contributed by atoms with E-state index in [0.717, 1.165) is 53.0 Å². The normalized spacial score (nSPS) is 16.2. The topological polar surface area (TPSA) is 94.3 Å². The van der Waals surface area contributed by atoms with Crippen molar-refractivity contribution in [1.29, 1.82) is 5.26 Å². The smallest absolute Gasteiger partial charge is 0.103 e. The number of hydrogen-bond donors (Lipinski definition) is 3. The largest absolute Gasteiger partial charge is 0.380 e. The van der Waals surface area contributed by atoms with Gasteiger partial charge in [0, 0.05) is 29.7 Å². The molecule has 1 fully saturated rings. The van der Waals surface area contributed by atoms with Gasteiger partial charge in [-0.2, -0.15) is 15.5 Å². The number of nitrogens with one attached hydrogen (secondary N) is 3. The van der Waals surface area contributed by atoms with Gasteiger partial charge in [-0.1, -0.05) is 11.6 Å². The number of H-pyrrole nitrogens is 1. The number of nitrogens with zero attached hydrogens (tertiary/aromatic N) is 4. The number of rotatable bonds is 4. The minimum absolute atomic E-state index is 0.374. The second kappa shape index (κ2) is 7.24. The summed E-state index contributed by atoms with van der Waals surface area (Å²) in [5.41, 5.74) is 5.02. The van der Waals surface area contributed by atoms with Gasteiger partial charge in [0.15, 0.2) is 0 Å². The van der Waals surface area contributed by atoms with E-state index in [4.69, 9.17) is 16.9 Å². The highest BCUT2D eigenvalue weighted by atomic mass is 35.5. The van der Waals surface area contributed by atoms with E-state index in [0.29, 0.717) is 16.6 Å². The zero-order chi connectivity index (χ0) is 19.8. The first kappa shape index (κ1) is 17.7. The molecule has 3 N–H and O–H groups in total. The number of aromatic nitrogens is 4. The van der Waals surface area contributed by atoms with Gasteiger partial charge in [0.2, 0.25) is 0 Å². The maximum atomic E-state index is 8.96. The lowest BCUT2D eigenvalue weighted by molar-refractivity contribution is 0.794. The molecule has 1 saturated heterocycles. The van der Waals surface area contributed by atoms with Crippen LogP contribution in [0.4, 0.5) is 5.69 Å². The lowest BCUT2D eigenvalue weighted by Crippen LogP contribution is -2.22. The standard InChI is InChI=1S/C21H18ClN7/c22-18-8-19-17(7-20(18)26-15-5-6-24-11-15)21(28-27-19)14-10-25-29(12-14)16-3-1-13(9-23)2-4-16/h1-4,7-8,10,12,15,24,26H,5-6,11H2,(H,27,28)/t15-/m1/s1. The Hall–Kier alpha value is -3.34. The molecule has 1 atom stereocenters. The molecule has 4 aromatic rings. The lowest BCUT2D eigenvalue weighted by atomic mass is 10.1. The highest BCUT2D eigenvalue weighted by Gasteiger charge is 2.18. The zero-order valence-corrected chi connectivity index (χ0v) is 16.2. The van der Waals surface area contributed by atoms with Crippen molar-refractivity contribution in [3.05, 3.63) is 59.4 Å². The average Bonchev–Trinajstić information content (AvgIpc) is 3.49. The zero-order valence-electron chi connectivity index (χ0n) is 15.5. The Labute approximate surface area is 172 Å². The molecule has 1 aliphatic heterocycles. The van der Waals surface area contributed by atoms with Crippen LogP contribution in [0.25, 0.3) is 27.8 Å². The van der Waals surface area contributed by atoms with Gasteiger partial charge in [-0.25, -0.2) is 4.68 Å². The number of anilines is 1. The van der Waals surface area contributed by atoms with Crippen molar-refractivity contribution < 1.29 is 0 Å². The van der Waals surface area contributed by atoms with Crippen LogP contribution in [0, 0.1) is 11.3 Å². The molecule has 144 valence electrons. The molecule has 0 amide bonds. The van der Waals surface area contributed by atoms with Crippen molar-refractivity contribution in [2.75, 3.05) is 18.4 Å². The molecular weight excluding hydrogens is 386 g/mol. The fourth-order valence-electron chi connectivity index (χ4n) is 3.64. The highest BCUT2D eigenvalue weighted by molar-refractivity contribution is 6.34. The number of benzene rings is 2. The van der Waals surface area contributed by atoms with Crippen molar-refractivity contribution in [3.8, 4) is 23.0 Å². The van der Waals surface area contributed by atoms with Gasteiger partial charge in [-0.15, -0.1) is 0 Å². The number of halogens is 1. The molecule has 7 nitrogen and oxygen atoms in total. The van der Waals surface area contributed by atoms with Crippen molar-refractivity contribution in [3.63, 3.8) is 0 Å². The van der Waals surface area contributed by atoms with Crippen molar-refractivity contribution in [2.45, 2.75) is 12.5 Å². The van der Waals surface area contributed by atoms with Gasteiger partial charge in [-0.05, 0) is 49.4 Å². The number of nitriles is 1. The van der Waals surface area contributed by atoms with Gasteiger partial charge in [0.25, 0.3) is 0 Å². The molecular formula is C21H18ClN7. The van der Waals surface area contributed by atoms with E-state index in [1.165, 1.54) is 0 Å². The van der Waals surface area contributed by atoms with Crippen LogP contribution in [0.5, 0.6) is 0 Å².